The van der Waals surface area contributed by atoms with Crippen LogP contribution in [0.1, 0.15) is 54.1 Å². The summed E-state index contributed by atoms with van der Waals surface area (Å²) in [6.45, 7) is 0.0591. The molecule has 4 rings (SSSR count). The molecule has 0 aromatic carbocycles. The van der Waals surface area contributed by atoms with Gasteiger partial charge in [-0.05, 0) is 18.9 Å². The molecule has 13 heteroatoms. The average molecular weight is 445 g/mol. The van der Waals surface area contributed by atoms with Gasteiger partial charge in [0, 0.05) is 12.2 Å². The molecular formula is C18H16F5N5O3. The molecule has 2 aliphatic rings. The quantitative estimate of drug-likeness (QED) is 0.727. The maximum Gasteiger partial charge on any atom is 0.471 e. The number of fused-ring (bicyclic) bond motifs is 1. The number of amides is 2. The average Bonchev–Trinajstić information content (AvgIpc) is 3.33. The predicted molar refractivity (Wildman–Crippen MR) is 92.6 cm³/mol. The summed E-state index contributed by atoms with van der Waals surface area (Å²) in [5.74, 6) is -3.62. The van der Waals surface area contributed by atoms with E-state index in [1.807, 2.05) is 5.32 Å². The molecule has 1 saturated carbocycles. The van der Waals surface area contributed by atoms with E-state index >= 15 is 0 Å². The second-order valence-corrected chi connectivity index (χ2v) is 7.33. The minimum atomic E-state index is -5.02. The summed E-state index contributed by atoms with van der Waals surface area (Å²) in [7, 11) is 0. The largest absolute Gasteiger partial charge is 0.471 e. The molecule has 2 aromatic rings. The van der Waals surface area contributed by atoms with Gasteiger partial charge in [0.2, 0.25) is 5.89 Å². The first-order valence-electron chi connectivity index (χ1n) is 9.44. The summed E-state index contributed by atoms with van der Waals surface area (Å²) in [5.41, 5.74) is 0.716. The van der Waals surface area contributed by atoms with Crippen molar-refractivity contribution < 1.29 is 36.0 Å². The summed E-state index contributed by atoms with van der Waals surface area (Å²) in [5, 5.41) is 8.75. The predicted octanol–water partition coefficient (Wildman–Crippen LogP) is 3.01. The Morgan fingerprint density at radius 1 is 1.23 bits per heavy atom. The molecule has 166 valence electrons. The van der Waals surface area contributed by atoms with E-state index in [-0.39, 0.29) is 23.6 Å². The van der Waals surface area contributed by atoms with E-state index < -0.39 is 42.4 Å². The fourth-order valence-corrected chi connectivity index (χ4v) is 3.92. The molecule has 1 aliphatic heterocycles. The van der Waals surface area contributed by atoms with E-state index in [9.17, 15) is 31.5 Å². The van der Waals surface area contributed by atoms with Gasteiger partial charge in [-0.25, -0.2) is 0 Å². The van der Waals surface area contributed by atoms with Crippen molar-refractivity contribution in [2.75, 3.05) is 0 Å². The van der Waals surface area contributed by atoms with Gasteiger partial charge in [-0.2, -0.15) is 22.0 Å². The fourth-order valence-electron chi connectivity index (χ4n) is 3.92. The van der Waals surface area contributed by atoms with Crippen molar-refractivity contribution in [2.45, 2.75) is 56.9 Å². The highest BCUT2D eigenvalue weighted by atomic mass is 19.4. The summed E-state index contributed by atoms with van der Waals surface area (Å²) in [6.07, 6.45) is -4.61. The van der Waals surface area contributed by atoms with Crippen LogP contribution in [-0.4, -0.2) is 50.2 Å². The molecular weight excluding hydrogens is 429 g/mol. The molecule has 0 radical (unpaired) electrons. The third-order valence-corrected chi connectivity index (χ3v) is 5.36. The van der Waals surface area contributed by atoms with Crippen LogP contribution < -0.4 is 5.32 Å². The normalized spacial score (nSPS) is 21.5. The first-order chi connectivity index (χ1) is 14.6. The molecule has 1 fully saturated rings. The van der Waals surface area contributed by atoms with E-state index in [0.717, 1.165) is 0 Å². The molecule has 1 N–H and O–H groups in total. The van der Waals surface area contributed by atoms with E-state index in [2.05, 4.69) is 15.2 Å². The maximum atomic E-state index is 13.0. The lowest BCUT2D eigenvalue weighted by Gasteiger charge is -2.38. The highest BCUT2D eigenvalue weighted by Crippen LogP contribution is 2.33. The third-order valence-electron chi connectivity index (χ3n) is 5.36. The number of nitrogens with zero attached hydrogens (tertiary/aromatic N) is 4. The van der Waals surface area contributed by atoms with Gasteiger partial charge >= 0.3 is 18.5 Å². The van der Waals surface area contributed by atoms with Crippen LogP contribution in [0.15, 0.2) is 16.7 Å². The molecule has 3 heterocycles. The van der Waals surface area contributed by atoms with Gasteiger partial charge in [0.05, 0.1) is 29.4 Å². The Balaban J connectivity index is 1.55. The summed E-state index contributed by atoms with van der Waals surface area (Å²) >= 11 is 0. The first-order valence-corrected chi connectivity index (χ1v) is 9.44. The lowest BCUT2D eigenvalue weighted by atomic mass is 9.89. The van der Waals surface area contributed by atoms with Crippen molar-refractivity contribution in [3.63, 3.8) is 0 Å². The fraction of sp³-hybridized carbons (Fsp3) is 0.500. The van der Waals surface area contributed by atoms with Gasteiger partial charge in [0.15, 0.2) is 0 Å². The van der Waals surface area contributed by atoms with Crippen LogP contribution in [0.2, 0.25) is 0 Å². The lowest BCUT2D eigenvalue weighted by molar-refractivity contribution is -0.175. The Bertz CT molecular complexity index is 1010. The van der Waals surface area contributed by atoms with E-state index in [0.29, 0.717) is 31.4 Å². The van der Waals surface area contributed by atoms with Crippen LogP contribution in [0.4, 0.5) is 22.0 Å². The number of alkyl halides is 5. The molecule has 1 aliphatic carbocycles. The van der Waals surface area contributed by atoms with Crippen molar-refractivity contribution >= 4 is 11.8 Å². The highest BCUT2D eigenvalue weighted by molar-refractivity contribution is 5.99. The number of carbonyl (C=O) groups excluding carboxylic acids is 2. The lowest BCUT2D eigenvalue weighted by Crippen LogP contribution is -2.55. The Labute approximate surface area is 171 Å². The van der Waals surface area contributed by atoms with Crippen molar-refractivity contribution in [3.8, 4) is 11.5 Å². The molecule has 0 saturated heterocycles. The monoisotopic (exact) mass is 445 g/mol. The Morgan fingerprint density at radius 2 is 1.97 bits per heavy atom. The number of nitrogens with one attached hydrogen (secondary N) is 1. The van der Waals surface area contributed by atoms with Gasteiger partial charge < -0.3 is 14.6 Å². The molecule has 0 unspecified atom stereocenters. The van der Waals surface area contributed by atoms with Crippen LogP contribution >= 0.6 is 0 Å². The molecule has 8 nitrogen and oxygen atoms in total. The topological polar surface area (TPSA) is 101 Å². The van der Waals surface area contributed by atoms with Gasteiger partial charge in [-0.3, -0.25) is 14.6 Å². The van der Waals surface area contributed by atoms with Crippen LogP contribution in [0.5, 0.6) is 0 Å². The van der Waals surface area contributed by atoms with Gasteiger partial charge in [0.1, 0.15) is 0 Å². The summed E-state index contributed by atoms with van der Waals surface area (Å²) < 4.78 is 68.3. The molecule has 0 bridgehead atoms. The first kappa shape index (κ1) is 21.1. The zero-order chi connectivity index (χ0) is 22.3. The van der Waals surface area contributed by atoms with Crippen molar-refractivity contribution in [1.82, 2.24) is 25.4 Å². The Morgan fingerprint density at radius 3 is 2.65 bits per heavy atom. The number of hydrogen-bond acceptors (Lipinski definition) is 6. The van der Waals surface area contributed by atoms with E-state index in [4.69, 9.17) is 4.42 Å². The minimum Gasteiger partial charge on any atom is -0.415 e. The van der Waals surface area contributed by atoms with Crippen molar-refractivity contribution in [1.29, 1.82) is 0 Å². The van der Waals surface area contributed by atoms with Crippen LogP contribution in [-0.2, 0) is 11.3 Å². The molecule has 2 aromatic heterocycles. The Kier molecular flexibility index (Phi) is 5.35. The maximum absolute atomic E-state index is 13.0. The van der Waals surface area contributed by atoms with Crippen LogP contribution in [0.25, 0.3) is 11.5 Å². The number of carbonyl (C=O) groups is 2. The van der Waals surface area contributed by atoms with E-state index in [1.54, 1.807) is 0 Å². The molecule has 0 spiro atoms. The van der Waals surface area contributed by atoms with Gasteiger partial charge in [-0.15, -0.1) is 10.2 Å². The number of pyridine rings is 1. The molecule has 2 atom stereocenters. The minimum absolute atomic E-state index is 0.0591. The Hall–Kier alpha value is -3.12. The summed E-state index contributed by atoms with van der Waals surface area (Å²) in [6, 6.07) is -0.0938. The number of aromatic nitrogens is 3. The number of rotatable bonds is 4. The second-order valence-electron chi connectivity index (χ2n) is 7.33. The number of hydrogen-bond donors (Lipinski definition) is 1. The van der Waals surface area contributed by atoms with Crippen molar-refractivity contribution in [3.05, 3.63) is 29.4 Å². The van der Waals surface area contributed by atoms with Gasteiger partial charge in [-0.1, -0.05) is 12.8 Å². The van der Waals surface area contributed by atoms with E-state index in [1.165, 1.54) is 17.2 Å². The standard InChI is InChI=1S/C18H16F5N5O3/c19-13(20)15-27-26-14(31-15)8-5-9-11(24-6-8)7-28(16(9)29)12-4-2-1-3-10(12)25-17(30)18(21,22)23/h5-6,10,12-13H,1-4,7H2,(H,25,30)/t10-,12-/m1/s1. The van der Waals surface area contributed by atoms with Crippen molar-refractivity contribution in [2.24, 2.45) is 0 Å². The smallest absolute Gasteiger partial charge is 0.415 e. The highest BCUT2D eigenvalue weighted by Gasteiger charge is 2.44. The molecule has 31 heavy (non-hydrogen) atoms. The number of halogens is 5. The zero-order valence-corrected chi connectivity index (χ0v) is 15.8. The zero-order valence-electron chi connectivity index (χ0n) is 15.8. The van der Waals surface area contributed by atoms with Gasteiger partial charge in [0.25, 0.3) is 11.8 Å². The summed E-state index contributed by atoms with van der Waals surface area (Å²) in [4.78, 5) is 30.0. The third kappa shape index (κ3) is 4.08. The van der Waals surface area contributed by atoms with Crippen LogP contribution in [0.3, 0.4) is 0 Å². The van der Waals surface area contributed by atoms with Crippen LogP contribution in [0, 0.1) is 0 Å². The SMILES string of the molecule is O=C1c2cc(-c3nnc(C(F)F)o3)cnc2CN1[C@@H]1CCCC[C@H]1NC(=O)C(F)(F)F. The second kappa shape index (κ2) is 7.85. The molecule has 2 amide bonds.